The molecule has 6 nitrogen and oxygen atoms in total. The molecule has 0 aliphatic carbocycles. The van der Waals surface area contributed by atoms with Crippen LogP contribution in [0.3, 0.4) is 0 Å². The van der Waals surface area contributed by atoms with Crippen molar-refractivity contribution in [3.63, 3.8) is 0 Å². The van der Waals surface area contributed by atoms with Crippen molar-refractivity contribution in [2.24, 2.45) is 0 Å². The normalized spacial score (nSPS) is 12.3. The van der Waals surface area contributed by atoms with Crippen LogP contribution >= 0.6 is 11.6 Å². The van der Waals surface area contributed by atoms with Crippen LogP contribution in [0.25, 0.3) is 11.4 Å². The molecular weight excluding hydrogens is 272 g/mol. The quantitative estimate of drug-likeness (QED) is 0.906. The van der Waals surface area contributed by atoms with E-state index in [1.807, 2.05) is 0 Å². The van der Waals surface area contributed by atoms with Gasteiger partial charge in [0.05, 0.1) is 0 Å². The van der Waals surface area contributed by atoms with Gasteiger partial charge < -0.3 is 14.4 Å². The average Bonchev–Trinajstić information content (AvgIpc) is 2.84. The zero-order valence-corrected chi connectivity index (χ0v) is 10.8. The fourth-order valence-corrected chi connectivity index (χ4v) is 1.52. The van der Waals surface area contributed by atoms with Gasteiger partial charge in [0.2, 0.25) is 5.82 Å². The van der Waals surface area contributed by atoms with Crippen LogP contribution in [-0.2, 0) is 16.1 Å². The summed E-state index contributed by atoms with van der Waals surface area (Å²) in [4.78, 5) is 14.7. The number of aliphatic carboxylic acids is 1. The van der Waals surface area contributed by atoms with Crippen LogP contribution in [0.1, 0.15) is 12.8 Å². The number of carboxylic acid groups (broad SMARTS) is 1. The second kappa shape index (κ2) is 5.81. The molecule has 0 fully saturated rings. The van der Waals surface area contributed by atoms with E-state index in [1.54, 1.807) is 24.3 Å². The molecule has 1 N–H and O–H groups in total. The lowest BCUT2D eigenvalue weighted by Gasteiger charge is -2.04. The van der Waals surface area contributed by atoms with Crippen LogP contribution in [0.5, 0.6) is 0 Å². The fraction of sp³-hybridized carbons (Fsp3) is 0.250. The van der Waals surface area contributed by atoms with Crippen molar-refractivity contribution in [1.82, 2.24) is 10.1 Å². The average molecular weight is 283 g/mol. The molecule has 2 aromatic rings. The van der Waals surface area contributed by atoms with Crippen molar-refractivity contribution >= 4 is 17.6 Å². The second-order valence-electron chi connectivity index (χ2n) is 3.81. The third kappa shape index (κ3) is 3.52. The van der Waals surface area contributed by atoms with E-state index >= 15 is 0 Å². The summed E-state index contributed by atoms with van der Waals surface area (Å²) >= 11 is 5.86. The number of hydrogen-bond acceptors (Lipinski definition) is 5. The van der Waals surface area contributed by atoms with Crippen molar-refractivity contribution in [3.05, 3.63) is 35.2 Å². The lowest BCUT2D eigenvalue weighted by atomic mass is 10.2. The summed E-state index contributed by atoms with van der Waals surface area (Å²) in [7, 11) is 0. The number of carboxylic acids is 1. The van der Waals surface area contributed by atoms with Crippen molar-refractivity contribution in [3.8, 4) is 11.4 Å². The number of hydrogen-bond donors (Lipinski definition) is 1. The molecule has 0 aliphatic heterocycles. The molecule has 0 unspecified atom stereocenters. The first kappa shape index (κ1) is 13.5. The van der Waals surface area contributed by atoms with Gasteiger partial charge in [0.25, 0.3) is 5.89 Å². The van der Waals surface area contributed by atoms with E-state index in [4.69, 9.17) is 26.0 Å². The zero-order valence-electron chi connectivity index (χ0n) is 10.0. The first-order chi connectivity index (χ1) is 9.06. The molecule has 0 saturated heterocycles. The van der Waals surface area contributed by atoms with E-state index in [0.717, 1.165) is 0 Å². The van der Waals surface area contributed by atoms with E-state index < -0.39 is 12.1 Å². The third-order valence-electron chi connectivity index (χ3n) is 2.36. The van der Waals surface area contributed by atoms with Gasteiger partial charge in [0, 0.05) is 10.6 Å². The minimum absolute atomic E-state index is 0.0545. The Morgan fingerprint density at radius 3 is 3.05 bits per heavy atom. The van der Waals surface area contributed by atoms with Crippen molar-refractivity contribution in [1.29, 1.82) is 0 Å². The second-order valence-corrected chi connectivity index (χ2v) is 4.25. The van der Waals surface area contributed by atoms with Gasteiger partial charge in [-0.1, -0.05) is 28.9 Å². The van der Waals surface area contributed by atoms with Crippen LogP contribution in [0.2, 0.25) is 5.02 Å². The van der Waals surface area contributed by atoms with Crippen LogP contribution in [-0.4, -0.2) is 27.3 Å². The first-order valence-electron chi connectivity index (χ1n) is 5.49. The predicted octanol–water partition coefficient (Wildman–Crippen LogP) is 2.38. The van der Waals surface area contributed by atoms with E-state index in [1.165, 1.54) is 6.92 Å². The number of carbonyl (C=O) groups is 1. The molecule has 1 atom stereocenters. The van der Waals surface area contributed by atoms with Gasteiger partial charge in [0.15, 0.2) is 6.10 Å². The molecule has 19 heavy (non-hydrogen) atoms. The molecule has 0 spiro atoms. The van der Waals surface area contributed by atoms with E-state index in [9.17, 15) is 4.79 Å². The van der Waals surface area contributed by atoms with Gasteiger partial charge >= 0.3 is 5.97 Å². The molecule has 0 amide bonds. The minimum atomic E-state index is -1.05. The van der Waals surface area contributed by atoms with Gasteiger partial charge in [-0.3, -0.25) is 0 Å². The van der Waals surface area contributed by atoms with Gasteiger partial charge in [-0.05, 0) is 19.1 Å². The molecule has 1 heterocycles. The van der Waals surface area contributed by atoms with Crippen LogP contribution in [0, 0.1) is 0 Å². The lowest BCUT2D eigenvalue weighted by molar-refractivity contribution is -0.150. The van der Waals surface area contributed by atoms with Gasteiger partial charge in [-0.15, -0.1) is 0 Å². The first-order valence-corrected chi connectivity index (χ1v) is 5.87. The number of ether oxygens (including phenoxy) is 1. The molecule has 7 heteroatoms. The highest BCUT2D eigenvalue weighted by molar-refractivity contribution is 6.30. The Bertz CT molecular complexity index is 585. The van der Waals surface area contributed by atoms with Crippen LogP contribution in [0.4, 0.5) is 0 Å². The summed E-state index contributed by atoms with van der Waals surface area (Å²) in [5.41, 5.74) is 0.716. The van der Waals surface area contributed by atoms with Gasteiger partial charge in [-0.2, -0.15) is 4.98 Å². The third-order valence-corrected chi connectivity index (χ3v) is 2.59. The Labute approximate surface area is 114 Å². The highest BCUT2D eigenvalue weighted by Gasteiger charge is 2.14. The Kier molecular flexibility index (Phi) is 4.13. The summed E-state index contributed by atoms with van der Waals surface area (Å²) in [6, 6.07) is 7.01. The molecule has 0 saturated carbocycles. The molecule has 1 aromatic heterocycles. The maximum absolute atomic E-state index is 10.6. The van der Waals surface area contributed by atoms with Crippen molar-refractivity contribution in [2.75, 3.05) is 0 Å². The van der Waals surface area contributed by atoms with Crippen molar-refractivity contribution < 1.29 is 19.2 Å². The topological polar surface area (TPSA) is 85.5 Å². The summed E-state index contributed by atoms with van der Waals surface area (Å²) in [5, 5.41) is 13.0. The summed E-state index contributed by atoms with van der Waals surface area (Å²) in [6.07, 6.45) is -0.929. The summed E-state index contributed by atoms with van der Waals surface area (Å²) < 4.78 is 10.0. The SMILES string of the molecule is C[C@H](OCc1nc(-c2cccc(Cl)c2)no1)C(=O)O. The highest BCUT2D eigenvalue weighted by atomic mass is 35.5. The molecule has 0 aliphatic rings. The molecule has 1 aromatic carbocycles. The van der Waals surface area contributed by atoms with Crippen LogP contribution in [0.15, 0.2) is 28.8 Å². The van der Waals surface area contributed by atoms with E-state index in [-0.39, 0.29) is 12.5 Å². The Balaban J connectivity index is 2.05. The molecular formula is C12H11ClN2O4. The fourth-order valence-electron chi connectivity index (χ4n) is 1.33. The number of rotatable bonds is 5. The maximum Gasteiger partial charge on any atom is 0.332 e. The van der Waals surface area contributed by atoms with Gasteiger partial charge in [0.1, 0.15) is 6.61 Å². The minimum Gasteiger partial charge on any atom is -0.479 e. The lowest BCUT2D eigenvalue weighted by Crippen LogP contribution is -2.19. The molecule has 0 radical (unpaired) electrons. The zero-order chi connectivity index (χ0) is 13.8. The number of nitrogens with zero attached hydrogens (tertiary/aromatic N) is 2. The Morgan fingerprint density at radius 2 is 2.37 bits per heavy atom. The van der Waals surface area contributed by atoms with E-state index in [0.29, 0.717) is 16.4 Å². The maximum atomic E-state index is 10.6. The van der Waals surface area contributed by atoms with Crippen LogP contribution < -0.4 is 0 Å². The molecule has 0 bridgehead atoms. The smallest absolute Gasteiger partial charge is 0.332 e. The summed E-state index contributed by atoms with van der Waals surface area (Å²) in [5.74, 6) is -0.457. The largest absolute Gasteiger partial charge is 0.479 e. The monoisotopic (exact) mass is 282 g/mol. The highest BCUT2D eigenvalue weighted by Crippen LogP contribution is 2.20. The standard InChI is InChI=1S/C12H11ClN2O4/c1-7(12(16)17)18-6-10-14-11(15-19-10)8-3-2-4-9(13)5-8/h2-5,7H,6H2,1H3,(H,16,17)/t7-/m0/s1. The number of halogens is 1. The number of aromatic nitrogens is 2. The predicted molar refractivity (Wildman–Crippen MR) is 66.6 cm³/mol. The number of benzene rings is 1. The van der Waals surface area contributed by atoms with Crippen molar-refractivity contribution in [2.45, 2.75) is 19.6 Å². The molecule has 100 valence electrons. The molecule has 2 rings (SSSR count). The van der Waals surface area contributed by atoms with Gasteiger partial charge in [-0.25, -0.2) is 4.79 Å². The van der Waals surface area contributed by atoms with E-state index in [2.05, 4.69) is 10.1 Å². The Hall–Kier alpha value is -1.92. The Morgan fingerprint density at radius 1 is 1.58 bits per heavy atom. The summed E-state index contributed by atoms with van der Waals surface area (Å²) in [6.45, 7) is 1.37.